The van der Waals surface area contributed by atoms with Crippen molar-refractivity contribution in [3.8, 4) is 5.75 Å². The molecule has 0 unspecified atom stereocenters. The van der Waals surface area contributed by atoms with E-state index in [0.717, 1.165) is 5.56 Å². The summed E-state index contributed by atoms with van der Waals surface area (Å²) in [4.78, 5) is 22.7. The first-order chi connectivity index (χ1) is 12.6. The molecule has 0 saturated carbocycles. The van der Waals surface area contributed by atoms with Crippen LogP contribution in [0.15, 0.2) is 66.3 Å². The zero-order valence-electron chi connectivity index (χ0n) is 13.9. The molecule has 0 aliphatic carbocycles. The number of amides is 2. The SMILES string of the molecule is C=CCNC(=O)C(=O)N/N=C\c1ccc(OCc2cccc(F)c2)cc1. The highest BCUT2D eigenvalue weighted by molar-refractivity contribution is 6.35. The summed E-state index contributed by atoms with van der Waals surface area (Å²) in [6.45, 7) is 3.88. The third kappa shape index (κ3) is 6.20. The number of hydrazone groups is 1. The maximum Gasteiger partial charge on any atom is 0.329 e. The molecule has 0 aliphatic rings. The number of hydrogen-bond donors (Lipinski definition) is 2. The third-order valence-corrected chi connectivity index (χ3v) is 3.17. The van der Waals surface area contributed by atoms with Crippen LogP contribution in [0.5, 0.6) is 5.75 Å². The van der Waals surface area contributed by atoms with Crippen LogP contribution in [0.1, 0.15) is 11.1 Å². The highest BCUT2D eigenvalue weighted by Gasteiger charge is 2.10. The molecule has 0 spiro atoms. The molecule has 2 rings (SSSR count). The van der Waals surface area contributed by atoms with E-state index in [1.165, 1.54) is 24.4 Å². The number of halogens is 1. The smallest absolute Gasteiger partial charge is 0.329 e. The number of carbonyl (C=O) groups is 2. The molecule has 0 aromatic heterocycles. The molecule has 6 nitrogen and oxygen atoms in total. The van der Waals surface area contributed by atoms with Gasteiger partial charge < -0.3 is 10.1 Å². The van der Waals surface area contributed by atoms with Crippen molar-refractivity contribution in [2.45, 2.75) is 6.61 Å². The van der Waals surface area contributed by atoms with Gasteiger partial charge in [-0.05, 0) is 47.5 Å². The Labute approximate surface area is 150 Å². The summed E-state index contributed by atoms with van der Waals surface area (Å²) in [7, 11) is 0. The van der Waals surface area contributed by atoms with Crippen molar-refractivity contribution in [1.29, 1.82) is 0 Å². The second-order valence-electron chi connectivity index (χ2n) is 5.19. The number of hydrogen-bond acceptors (Lipinski definition) is 4. The van der Waals surface area contributed by atoms with Gasteiger partial charge in [0.2, 0.25) is 0 Å². The molecule has 0 heterocycles. The lowest BCUT2D eigenvalue weighted by molar-refractivity contribution is -0.139. The standard InChI is InChI=1S/C19H18FN3O3/c1-2-10-21-18(24)19(25)23-22-12-14-6-8-17(9-7-14)26-13-15-4-3-5-16(20)11-15/h2-9,11-12H,1,10,13H2,(H,21,24)(H,23,25)/b22-12-. The molecule has 0 atom stereocenters. The van der Waals surface area contributed by atoms with Gasteiger partial charge in [-0.15, -0.1) is 6.58 Å². The van der Waals surface area contributed by atoms with Gasteiger partial charge in [0.25, 0.3) is 0 Å². The Kier molecular flexibility index (Phi) is 7.05. The Morgan fingerprint density at radius 2 is 1.92 bits per heavy atom. The summed E-state index contributed by atoms with van der Waals surface area (Å²) in [5.74, 6) is -1.35. The first-order valence-electron chi connectivity index (χ1n) is 7.78. The van der Waals surface area contributed by atoms with Crippen molar-refractivity contribution >= 4 is 18.0 Å². The number of nitrogens with zero attached hydrogens (tertiary/aromatic N) is 1. The summed E-state index contributed by atoms with van der Waals surface area (Å²) < 4.78 is 18.7. The van der Waals surface area contributed by atoms with E-state index in [9.17, 15) is 14.0 Å². The molecule has 0 radical (unpaired) electrons. The molecule has 0 bridgehead atoms. The van der Waals surface area contributed by atoms with Crippen molar-refractivity contribution in [3.63, 3.8) is 0 Å². The predicted molar refractivity (Wildman–Crippen MR) is 96.1 cm³/mol. The number of carbonyl (C=O) groups excluding carboxylic acids is 2. The molecule has 0 aliphatic heterocycles. The number of rotatable bonds is 7. The fourth-order valence-corrected chi connectivity index (χ4v) is 1.90. The topological polar surface area (TPSA) is 79.8 Å². The molecule has 2 aromatic rings. The lowest BCUT2D eigenvalue weighted by atomic mass is 10.2. The Morgan fingerprint density at radius 1 is 1.15 bits per heavy atom. The van der Waals surface area contributed by atoms with E-state index in [1.807, 2.05) is 0 Å². The van der Waals surface area contributed by atoms with Crippen molar-refractivity contribution < 1.29 is 18.7 Å². The fourth-order valence-electron chi connectivity index (χ4n) is 1.90. The summed E-state index contributed by atoms with van der Waals surface area (Å²) in [5.41, 5.74) is 3.56. The van der Waals surface area contributed by atoms with Gasteiger partial charge in [0.15, 0.2) is 0 Å². The van der Waals surface area contributed by atoms with E-state index in [-0.39, 0.29) is 19.0 Å². The van der Waals surface area contributed by atoms with Crippen molar-refractivity contribution in [2.75, 3.05) is 6.54 Å². The summed E-state index contributed by atoms with van der Waals surface area (Å²) in [6.07, 6.45) is 2.86. The van der Waals surface area contributed by atoms with Crippen molar-refractivity contribution in [3.05, 3.63) is 78.1 Å². The normalized spacial score (nSPS) is 10.3. The molecule has 7 heteroatoms. The average Bonchev–Trinajstić information content (AvgIpc) is 2.65. The maximum absolute atomic E-state index is 13.1. The van der Waals surface area contributed by atoms with Crippen LogP contribution >= 0.6 is 0 Å². The quantitative estimate of drug-likeness (QED) is 0.346. The van der Waals surface area contributed by atoms with Crippen LogP contribution in [0.4, 0.5) is 4.39 Å². The zero-order valence-corrected chi connectivity index (χ0v) is 13.9. The van der Waals surface area contributed by atoms with E-state index in [0.29, 0.717) is 11.3 Å². The minimum atomic E-state index is -0.863. The van der Waals surface area contributed by atoms with Gasteiger partial charge in [-0.3, -0.25) is 9.59 Å². The summed E-state index contributed by atoms with van der Waals surface area (Å²) in [5, 5.41) is 6.05. The van der Waals surface area contributed by atoms with Crippen LogP contribution in [0.25, 0.3) is 0 Å². The minimum absolute atomic E-state index is 0.201. The lowest BCUT2D eigenvalue weighted by Gasteiger charge is -2.06. The van der Waals surface area contributed by atoms with Crippen LogP contribution in [-0.2, 0) is 16.2 Å². The number of nitrogens with one attached hydrogen (secondary N) is 2. The van der Waals surface area contributed by atoms with E-state index >= 15 is 0 Å². The lowest BCUT2D eigenvalue weighted by Crippen LogP contribution is -2.37. The van der Waals surface area contributed by atoms with Gasteiger partial charge in [0.05, 0.1) is 6.21 Å². The largest absolute Gasteiger partial charge is 0.489 e. The molecule has 0 fully saturated rings. The second-order valence-corrected chi connectivity index (χ2v) is 5.19. The highest BCUT2D eigenvalue weighted by atomic mass is 19.1. The Balaban J connectivity index is 1.82. The van der Waals surface area contributed by atoms with Crippen LogP contribution in [0, 0.1) is 5.82 Å². The third-order valence-electron chi connectivity index (χ3n) is 3.17. The number of benzene rings is 2. The number of ether oxygens (including phenoxy) is 1. The average molecular weight is 355 g/mol. The van der Waals surface area contributed by atoms with E-state index in [2.05, 4.69) is 22.4 Å². The molecule has 2 aromatic carbocycles. The Morgan fingerprint density at radius 3 is 2.62 bits per heavy atom. The monoisotopic (exact) mass is 355 g/mol. The van der Waals surface area contributed by atoms with Crippen molar-refractivity contribution in [2.24, 2.45) is 5.10 Å². The molecular weight excluding hydrogens is 337 g/mol. The van der Waals surface area contributed by atoms with Gasteiger partial charge >= 0.3 is 11.8 Å². The van der Waals surface area contributed by atoms with Gasteiger partial charge in [-0.1, -0.05) is 18.2 Å². The maximum atomic E-state index is 13.1. The van der Waals surface area contributed by atoms with Gasteiger partial charge in [-0.2, -0.15) is 5.10 Å². The first-order valence-corrected chi connectivity index (χ1v) is 7.78. The fraction of sp³-hybridized carbons (Fsp3) is 0.105. The van der Waals surface area contributed by atoms with E-state index in [4.69, 9.17) is 4.74 Å². The van der Waals surface area contributed by atoms with Crippen LogP contribution in [0.3, 0.4) is 0 Å². The predicted octanol–water partition coefficient (Wildman–Crippen LogP) is 2.16. The summed E-state index contributed by atoms with van der Waals surface area (Å²) >= 11 is 0. The molecule has 2 N–H and O–H groups in total. The van der Waals surface area contributed by atoms with Crippen LogP contribution in [-0.4, -0.2) is 24.6 Å². The second kappa shape index (κ2) is 9.73. The summed E-state index contributed by atoms with van der Waals surface area (Å²) in [6, 6.07) is 13.1. The molecule has 26 heavy (non-hydrogen) atoms. The molecule has 134 valence electrons. The Bertz CT molecular complexity index is 804. The molecular formula is C19H18FN3O3. The van der Waals surface area contributed by atoms with Gasteiger partial charge in [0, 0.05) is 6.54 Å². The van der Waals surface area contributed by atoms with Crippen LogP contribution < -0.4 is 15.5 Å². The Hall–Kier alpha value is -3.48. The van der Waals surface area contributed by atoms with Gasteiger partial charge in [0.1, 0.15) is 18.2 Å². The first kappa shape index (κ1) is 18.9. The van der Waals surface area contributed by atoms with E-state index in [1.54, 1.807) is 36.4 Å². The van der Waals surface area contributed by atoms with Gasteiger partial charge in [-0.25, -0.2) is 9.82 Å². The van der Waals surface area contributed by atoms with E-state index < -0.39 is 11.8 Å². The van der Waals surface area contributed by atoms with Crippen LogP contribution in [0.2, 0.25) is 0 Å². The zero-order chi connectivity index (χ0) is 18.8. The van der Waals surface area contributed by atoms with Crippen molar-refractivity contribution in [1.82, 2.24) is 10.7 Å². The molecule has 0 saturated heterocycles. The molecule has 2 amide bonds. The minimum Gasteiger partial charge on any atom is -0.489 e. The highest BCUT2D eigenvalue weighted by Crippen LogP contribution is 2.14.